The van der Waals surface area contributed by atoms with Gasteiger partial charge in [-0.05, 0) is 23.6 Å². The molecule has 1 unspecified atom stereocenters. The van der Waals surface area contributed by atoms with Crippen molar-refractivity contribution in [3.05, 3.63) is 35.0 Å². The van der Waals surface area contributed by atoms with Crippen LogP contribution in [0.5, 0.6) is 11.5 Å². The van der Waals surface area contributed by atoms with Crippen LogP contribution in [-0.2, 0) is 4.79 Å². The minimum absolute atomic E-state index is 0.0454. The predicted molar refractivity (Wildman–Crippen MR) is 92.4 cm³/mol. The molecule has 2 N–H and O–H groups in total. The van der Waals surface area contributed by atoms with Gasteiger partial charge < -0.3 is 25.0 Å². The average molecular weight is 345 g/mol. The molecule has 7 nitrogen and oxygen atoms in total. The average Bonchev–Trinajstić information content (AvgIpc) is 2.88. The molecule has 3 rings (SSSR count). The molecule has 0 fully saturated rings. The molecule has 1 atom stereocenters. The number of hydrogen-bond acceptors (Lipinski definition) is 4. The maximum absolute atomic E-state index is 12.9. The summed E-state index contributed by atoms with van der Waals surface area (Å²) in [5, 5.41) is 5.62. The molecule has 134 valence electrons. The zero-order valence-corrected chi connectivity index (χ0v) is 14.9. The first-order valence-corrected chi connectivity index (χ1v) is 8.26. The van der Waals surface area contributed by atoms with Crippen LogP contribution in [-0.4, -0.2) is 44.1 Å². The van der Waals surface area contributed by atoms with E-state index in [1.165, 1.54) is 0 Å². The molecular formula is C18H23N3O4. The summed E-state index contributed by atoms with van der Waals surface area (Å²) in [5.41, 5.74) is 2.04. The van der Waals surface area contributed by atoms with Crippen LogP contribution in [0.2, 0.25) is 0 Å². The highest BCUT2D eigenvalue weighted by molar-refractivity contribution is 6.01. The van der Waals surface area contributed by atoms with Gasteiger partial charge in [0, 0.05) is 6.54 Å². The van der Waals surface area contributed by atoms with Gasteiger partial charge in [0.25, 0.3) is 5.91 Å². The van der Waals surface area contributed by atoms with E-state index in [2.05, 4.69) is 24.5 Å². The van der Waals surface area contributed by atoms with E-state index in [9.17, 15) is 9.59 Å². The van der Waals surface area contributed by atoms with Crippen LogP contribution >= 0.6 is 0 Å². The zero-order valence-electron chi connectivity index (χ0n) is 14.9. The maximum Gasteiger partial charge on any atom is 0.319 e. The van der Waals surface area contributed by atoms with E-state index in [1.54, 1.807) is 31.3 Å². The lowest BCUT2D eigenvalue weighted by molar-refractivity contribution is -0.126. The van der Waals surface area contributed by atoms with Crippen LogP contribution in [0.1, 0.15) is 25.5 Å². The molecule has 0 bridgehead atoms. The van der Waals surface area contributed by atoms with Gasteiger partial charge in [-0.15, -0.1) is 0 Å². The second-order valence-corrected chi connectivity index (χ2v) is 6.62. The standard InChI is InChI=1S/C18H23N3O4/c1-10(2)8-21-9-12-15(17(21)22)16(20-18(23)19-12)11-5-6-13(24-3)14(7-11)25-4/h5-7,10,16H,8-9H2,1-4H3,(H2,19,20,23). The number of urea groups is 1. The number of rotatable bonds is 5. The Morgan fingerprint density at radius 3 is 2.56 bits per heavy atom. The molecule has 0 radical (unpaired) electrons. The van der Waals surface area contributed by atoms with Gasteiger partial charge in [-0.25, -0.2) is 4.79 Å². The number of methoxy groups -OCH3 is 2. The summed E-state index contributed by atoms with van der Waals surface area (Å²) in [6.45, 7) is 5.21. The van der Waals surface area contributed by atoms with Crippen LogP contribution in [0.4, 0.5) is 4.79 Å². The number of benzene rings is 1. The van der Waals surface area contributed by atoms with Crippen molar-refractivity contribution in [1.29, 1.82) is 0 Å². The number of hydrogen-bond donors (Lipinski definition) is 2. The molecule has 0 saturated carbocycles. The molecule has 0 aliphatic carbocycles. The number of ether oxygens (including phenoxy) is 2. The van der Waals surface area contributed by atoms with E-state index >= 15 is 0 Å². The smallest absolute Gasteiger partial charge is 0.319 e. The van der Waals surface area contributed by atoms with Crippen molar-refractivity contribution in [3.8, 4) is 11.5 Å². The largest absolute Gasteiger partial charge is 0.493 e. The number of nitrogens with one attached hydrogen (secondary N) is 2. The molecule has 7 heteroatoms. The highest BCUT2D eigenvalue weighted by Gasteiger charge is 2.40. The van der Waals surface area contributed by atoms with Crippen LogP contribution in [0.25, 0.3) is 0 Å². The van der Waals surface area contributed by atoms with E-state index in [0.717, 1.165) is 5.56 Å². The summed E-state index contributed by atoms with van der Waals surface area (Å²) < 4.78 is 10.6. The van der Waals surface area contributed by atoms with E-state index in [0.29, 0.717) is 41.8 Å². The van der Waals surface area contributed by atoms with Crippen molar-refractivity contribution in [2.45, 2.75) is 19.9 Å². The second-order valence-electron chi connectivity index (χ2n) is 6.62. The molecule has 0 saturated heterocycles. The first kappa shape index (κ1) is 17.1. The highest BCUT2D eigenvalue weighted by Crippen LogP contribution is 2.36. The molecular weight excluding hydrogens is 322 g/mol. The molecule has 2 heterocycles. The minimum atomic E-state index is -0.506. The lowest BCUT2D eigenvalue weighted by atomic mass is 9.96. The first-order chi connectivity index (χ1) is 11.9. The van der Waals surface area contributed by atoms with Gasteiger partial charge in [0.2, 0.25) is 0 Å². The van der Waals surface area contributed by atoms with E-state index in [4.69, 9.17) is 9.47 Å². The molecule has 25 heavy (non-hydrogen) atoms. The monoisotopic (exact) mass is 345 g/mol. The van der Waals surface area contributed by atoms with E-state index in [1.807, 2.05) is 6.07 Å². The van der Waals surface area contributed by atoms with E-state index < -0.39 is 6.04 Å². The van der Waals surface area contributed by atoms with Crippen LogP contribution in [0.3, 0.4) is 0 Å². The second kappa shape index (κ2) is 6.66. The number of nitrogens with zero attached hydrogens (tertiary/aromatic N) is 1. The summed E-state index contributed by atoms with van der Waals surface area (Å²) in [6.07, 6.45) is 0. The Balaban J connectivity index is 1.97. The predicted octanol–water partition coefficient (Wildman–Crippen LogP) is 1.81. The normalized spacial score (nSPS) is 19.7. The van der Waals surface area contributed by atoms with Crippen LogP contribution in [0, 0.1) is 5.92 Å². The summed E-state index contributed by atoms with van der Waals surface area (Å²) in [6, 6.07) is 4.58. The third-order valence-corrected chi connectivity index (χ3v) is 4.35. The van der Waals surface area contributed by atoms with Crippen LogP contribution in [0.15, 0.2) is 29.5 Å². The molecule has 1 aromatic carbocycles. The number of carbonyl (C=O) groups excluding carboxylic acids is 2. The molecule has 2 aliphatic rings. The molecule has 2 aliphatic heterocycles. The van der Waals surface area contributed by atoms with Crippen molar-refractivity contribution in [3.63, 3.8) is 0 Å². The highest BCUT2D eigenvalue weighted by atomic mass is 16.5. The Morgan fingerprint density at radius 2 is 1.92 bits per heavy atom. The third-order valence-electron chi connectivity index (χ3n) is 4.35. The lowest BCUT2D eigenvalue weighted by Gasteiger charge is -2.26. The fourth-order valence-corrected chi connectivity index (χ4v) is 3.30. The molecule has 3 amide bonds. The minimum Gasteiger partial charge on any atom is -0.493 e. The van der Waals surface area contributed by atoms with Crippen molar-refractivity contribution in [2.75, 3.05) is 27.3 Å². The van der Waals surface area contributed by atoms with Crippen molar-refractivity contribution in [2.24, 2.45) is 5.92 Å². The van der Waals surface area contributed by atoms with E-state index in [-0.39, 0.29) is 11.9 Å². The van der Waals surface area contributed by atoms with Gasteiger partial charge in [0.15, 0.2) is 11.5 Å². The maximum atomic E-state index is 12.9. The summed E-state index contributed by atoms with van der Waals surface area (Å²) in [7, 11) is 3.12. The first-order valence-electron chi connectivity index (χ1n) is 8.26. The van der Waals surface area contributed by atoms with Crippen LogP contribution < -0.4 is 20.1 Å². The topological polar surface area (TPSA) is 79.9 Å². The molecule has 1 aromatic rings. The van der Waals surface area contributed by atoms with Gasteiger partial charge in [-0.3, -0.25) is 4.79 Å². The third kappa shape index (κ3) is 3.14. The van der Waals surface area contributed by atoms with Crippen molar-refractivity contribution >= 4 is 11.9 Å². The number of carbonyl (C=O) groups is 2. The summed E-state index contributed by atoms with van der Waals surface area (Å²) >= 11 is 0. The Kier molecular flexibility index (Phi) is 4.57. The Morgan fingerprint density at radius 1 is 1.20 bits per heavy atom. The Labute approximate surface area is 147 Å². The molecule has 0 aromatic heterocycles. The SMILES string of the molecule is COc1ccc(C2NC(=O)NC3=C2C(=O)N(CC(C)C)C3)cc1OC. The Bertz CT molecular complexity index is 742. The summed E-state index contributed by atoms with van der Waals surface area (Å²) in [5.74, 6) is 1.46. The fraction of sp³-hybridized carbons (Fsp3) is 0.444. The molecule has 0 spiro atoms. The Hall–Kier alpha value is -2.70. The van der Waals surface area contributed by atoms with Crippen molar-refractivity contribution < 1.29 is 19.1 Å². The van der Waals surface area contributed by atoms with Gasteiger partial charge >= 0.3 is 6.03 Å². The number of amides is 3. The fourth-order valence-electron chi connectivity index (χ4n) is 3.30. The van der Waals surface area contributed by atoms with Gasteiger partial charge in [-0.1, -0.05) is 19.9 Å². The quantitative estimate of drug-likeness (QED) is 0.853. The zero-order chi connectivity index (χ0) is 18.1. The summed E-state index contributed by atoms with van der Waals surface area (Å²) in [4.78, 5) is 26.7. The van der Waals surface area contributed by atoms with Gasteiger partial charge in [0.1, 0.15) is 0 Å². The lowest BCUT2D eigenvalue weighted by Crippen LogP contribution is -2.44. The van der Waals surface area contributed by atoms with Gasteiger partial charge in [0.05, 0.1) is 38.1 Å². The van der Waals surface area contributed by atoms with Crippen molar-refractivity contribution in [1.82, 2.24) is 15.5 Å². The van der Waals surface area contributed by atoms with Gasteiger partial charge in [-0.2, -0.15) is 0 Å².